The summed E-state index contributed by atoms with van der Waals surface area (Å²) < 4.78 is 10.8. The molecule has 1 unspecified atom stereocenters. The van der Waals surface area contributed by atoms with Gasteiger partial charge in [0.05, 0.1) is 23.1 Å². The summed E-state index contributed by atoms with van der Waals surface area (Å²) in [7, 11) is 0. The second kappa shape index (κ2) is 5.03. The highest BCUT2D eigenvalue weighted by atomic mass is 32.1. The fraction of sp³-hybridized carbons (Fsp3) is 0.429. The van der Waals surface area contributed by atoms with Crippen LogP contribution in [0.15, 0.2) is 28.1 Å². The van der Waals surface area contributed by atoms with Crippen LogP contribution in [0.1, 0.15) is 30.8 Å². The van der Waals surface area contributed by atoms with E-state index in [2.05, 4.69) is 10.5 Å². The van der Waals surface area contributed by atoms with Gasteiger partial charge in [-0.15, -0.1) is 11.3 Å². The summed E-state index contributed by atoms with van der Waals surface area (Å²) in [6.45, 7) is 4.57. The number of hydrogen-bond acceptors (Lipinski definition) is 5. The first-order valence-electron chi connectivity index (χ1n) is 6.49. The Bertz CT molecular complexity index is 604. The Hall–Kier alpha value is -1.66. The third-order valence-corrected chi connectivity index (χ3v) is 4.14. The number of aromatic nitrogens is 1. The van der Waals surface area contributed by atoms with Gasteiger partial charge in [-0.3, -0.25) is 4.79 Å². The molecule has 0 spiro atoms. The molecule has 2 aromatic heterocycles. The van der Waals surface area contributed by atoms with Crippen molar-refractivity contribution in [3.05, 3.63) is 29.3 Å². The summed E-state index contributed by atoms with van der Waals surface area (Å²) >= 11 is 1.55. The van der Waals surface area contributed by atoms with Gasteiger partial charge in [0.1, 0.15) is 0 Å². The van der Waals surface area contributed by atoms with Gasteiger partial charge in [0, 0.05) is 6.07 Å². The molecule has 0 radical (unpaired) electrons. The maximum Gasteiger partial charge on any atom is 0.273 e. The molecule has 106 valence electrons. The van der Waals surface area contributed by atoms with Gasteiger partial charge in [-0.2, -0.15) is 0 Å². The van der Waals surface area contributed by atoms with Crippen molar-refractivity contribution in [3.8, 4) is 10.6 Å². The highest BCUT2D eigenvalue weighted by Crippen LogP contribution is 2.26. The van der Waals surface area contributed by atoms with Crippen LogP contribution >= 0.6 is 11.3 Å². The van der Waals surface area contributed by atoms with E-state index in [1.165, 1.54) is 0 Å². The fourth-order valence-corrected chi connectivity index (χ4v) is 2.98. The van der Waals surface area contributed by atoms with Gasteiger partial charge in [-0.25, -0.2) is 0 Å². The van der Waals surface area contributed by atoms with Crippen molar-refractivity contribution in [1.82, 2.24) is 10.5 Å². The minimum Gasteiger partial charge on any atom is -0.373 e. The average molecular weight is 292 g/mol. The summed E-state index contributed by atoms with van der Waals surface area (Å²) in [5.41, 5.74) is 0.127. The van der Waals surface area contributed by atoms with E-state index >= 15 is 0 Å². The number of hydrogen-bond donors (Lipinski definition) is 1. The second-order valence-electron chi connectivity index (χ2n) is 5.50. The van der Waals surface area contributed by atoms with Crippen molar-refractivity contribution in [2.24, 2.45) is 0 Å². The van der Waals surface area contributed by atoms with Crippen molar-refractivity contribution in [3.63, 3.8) is 0 Å². The Morgan fingerprint density at radius 3 is 3.05 bits per heavy atom. The molecular formula is C14H16N2O3S. The lowest BCUT2D eigenvalue weighted by Gasteiger charge is -2.15. The first kappa shape index (κ1) is 13.3. The molecular weight excluding hydrogens is 276 g/mol. The molecule has 1 amide bonds. The largest absolute Gasteiger partial charge is 0.373 e. The van der Waals surface area contributed by atoms with Crippen LogP contribution in [0.5, 0.6) is 0 Å². The van der Waals surface area contributed by atoms with E-state index in [1.54, 1.807) is 17.4 Å². The van der Waals surface area contributed by atoms with Gasteiger partial charge in [-0.05, 0) is 31.7 Å². The SMILES string of the molecule is CC1(C)CC(NC(=O)c2cc(-c3cccs3)on2)CO1. The summed E-state index contributed by atoms with van der Waals surface area (Å²) in [6.07, 6.45) is 0.800. The van der Waals surface area contributed by atoms with E-state index in [9.17, 15) is 4.79 Å². The summed E-state index contributed by atoms with van der Waals surface area (Å²) in [5.74, 6) is 0.399. The van der Waals surface area contributed by atoms with Crippen molar-refractivity contribution in [1.29, 1.82) is 0 Å². The maximum absolute atomic E-state index is 12.1. The molecule has 1 atom stereocenters. The van der Waals surface area contributed by atoms with Gasteiger partial charge in [0.25, 0.3) is 5.91 Å². The molecule has 0 bridgehead atoms. The molecule has 20 heavy (non-hydrogen) atoms. The number of thiophene rings is 1. The molecule has 3 rings (SSSR count). The minimum absolute atomic E-state index is 0.0272. The molecule has 0 aliphatic carbocycles. The molecule has 2 aromatic rings. The van der Waals surface area contributed by atoms with Crippen LogP contribution in [-0.2, 0) is 4.74 Å². The number of carbonyl (C=O) groups is 1. The van der Waals surface area contributed by atoms with Crippen LogP contribution < -0.4 is 5.32 Å². The normalized spacial score (nSPS) is 21.0. The van der Waals surface area contributed by atoms with Crippen LogP contribution in [0, 0.1) is 0 Å². The highest BCUT2D eigenvalue weighted by molar-refractivity contribution is 7.13. The summed E-state index contributed by atoms with van der Waals surface area (Å²) in [6, 6.07) is 5.56. The Labute approximate surface area is 120 Å². The van der Waals surface area contributed by atoms with E-state index in [0.717, 1.165) is 11.3 Å². The Morgan fingerprint density at radius 1 is 1.55 bits per heavy atom. The minimum atomic E-state index is -0.220. The fourth-order valence-electron chi connectivity index (χ4n) is 2.31. The molecule has 1 fully saturated rings. The summed E-state index contributed by atoms with van der Waals surface area (Å²) in [4.78, 5) is 13.1. The van der Waals surface area contributed by atoms with Crippen LogP contribution in [0.4, 0.5) is 0 Å². The van der Waals surface area contributed by atoms with Gasteiger partial charge in [-0.1, -0.05) is 11.2 Å². The summed E-state index contributed by atoms with van der Waals surface area (Å²) in [5, 5.41) is 8.71. The van der Waals surface area contributed by atoms with E-state index < -0.39 is 0 Å². The molecule has 1 N–H and O–H groups in total. The highest BCUT2D eigenvalue weighted by Gasteiger charge is 2.33. The molecule has 0 aromatic carbocycles. The number of nitrogens with one attached hydrogen (secondary N) is 1. The number of ether oxygens (including phenoxy) is 1. The lowest BCUT2D eigenvalue weighted by atomic mass is 10.0. The number of amides is 1. The zero-order valence-electron chi connectivity index (χ0n) is 11.4. The predicted octanol–water partition coefficient (Wildman–Crippen LogP) is 2.70. The van der Waals surface area contributed by atoms with Crippen molar-refractivity contribution in [2.75, 3.05) is 6.61 Å². The van der Waals surface area contributed by atoms with E-state index in [1.807, 2.05) is 31.4 Å². The molecule has 1 saturated heterocycles. The lowest BCUT2D eigenvalue weighted by molar-refractivity contribution is 0.0355. The molecule has 3 heterocycles. The van der Waals surface area contributed by atoms with E-state index in [-0.39, 0.29) is 17.6 Å². The second-order valence-corrected chi connectivity index (χ2v) is 6.45. The quantitative estimate of drug-likeness (QED) is 0.944. The molecule has 6 heteroatoms. The molecule has 5 nitrogen and oxygen atoms in total. The molecule has 1 aliphatic heterocycles. The predicted molar refractivity (Wildman–Crippen MR) is 75.7 cm³/mol. The Morgan fingerprint density at radius 2 is 2.40 bits per heavy atom. The Balaban J connectivity index is 1.66. The third kappa shape index (κ3) is 2.76. The van der Waals surface area contributed by atoms with Gasteiger partial charge >= 0.3 is 0 Å². The van der Waals surface area contributed by atoms with Crippen LogP contribution in [0.25, 0.3) is 10.6 Å². The third-order valence-electron chi connectivity index (χ3n) is 3.26. The van der Waals surface area contributed by atoms with Crippen molar-refractivity contribution >= 4 is 17.2 Å². The standard InChI is InChI=1S/C14H16N2O3S/c1-14(2)7-9(8-18-14)15-13(17)10-6-11(19-16-10)12-4-3-5-20-12/h3-6,9H,7-8H2,1-2H3,(H,15,17). The first-order chi connectivity index (χ1) is 9.53. The molecule has 0 saturated carbocycles. The lowest BCUT2D eigenvalue weighted by Crippen LogP contribution is -2.36. The number of rotatable bonds is 3. The van der Waals surface area contributed by atoms with Crippen LogP contribution in [0.2, 0.25) is 0 Å². The van der Waals surface area contributed by atoms with Crippen LogP contribution in [0.3, 0.4) is 0 Å². The first-order valence-corrected chi connectivity index (χ1v) is 7.37. The average Bonchev–Trinajstić information content (AvgIpc) is 3.08. The zero-order valence-corrected chi connectivity index (χ0v) is 12.2. The van der Waals surface area contributed by atoms with Gasteiger partial charge in [0.2, 0.25) is 0 Å². The maximum atomic E-state index is 12.1. The number of nitrogens with zero attached hydrogens (tertiary/aromatic N) is 1. The topological polar surface area (TPSA) is 64.4 Å². The zero-order chi connectivity index (χ0) is 14.2. The van der Waals surface area contributed by atoms with E-state index in [4.69, 9.17) is 9.26 Å². The Kier molecular flexibility index (Phi) is 3.35. The van der Waals surface area contributed by atoms with Gasteiger partial charge in [0.15, 0.2) is 11.5 Å². The monoisotopic (exact) mass is 292 g/mol. The smallest absolute Gasteiger partial charge is 0.273 e. The van der Waals surface area contributed by atoms with Gasteiger partial charge < -0.3 is 14.6 Å². The van der Waals surface area contributed by atoms with Crippen molar-refractivity contribution in [2.45, 2.75) is 31.9 Å². The molecule has 1 aliphatic rings. The van der Waals surface area contributed by atoms with Crippen LogP contribution in [-0.4, -0.2) is 29.3 Å². The number of carbonyl (C=O) groups excluding carboxylic acids is 1. The van der Waals surface area contributed by atoms with E-state index in [0.29, 0.717) is 18.1 Å². The van der Waals surface area contributed by atoms with Crippen molar-refractivity contribution < 1.29 is 14.1 Å².